The van der Waals surface area contributed by atoms with Gasteiger partial charge in [-0.05, 0) is 54.1 Å². The van der Waals surface area contributed by atoms with Gasteiger partial charge in [-0.3, -0.25) is 0 Å². The Hall–Kier alpha value is -1.18. The highest BCUT2D eigenvalue weighted by Gasteiger charge is 2.50. The molecule has 2 nitrogen and oxygen atoms in total. The van der Waals surface area contributed by atoms with Crippen LogP contribution in [-0.2, 0) is 11.8 Å². The van der Waals surface area contributed by atoms with Crippen LogP contribution in [0.5, 0.6) is 11.5 Å². The molecule has 2 aliphatic rings. The largest absolute Gasteiger partial charge is 0.504 e. The van der Waals surface area contributed by atoms with Crippen LogP contribution in [0.15, 0.2) is 12.1 Å². The van der Waals surface area contributed by atoms with E-state index in [0.29, 0.717) is 22.8 Å². The summed E-state index contributed by atoms with van der Waals surface area (Å²) < 4.78 is 5.27. The van der Waals surface area contributed by atoms with Gasteiger partial charge in [0.1, 0.15) is 0 Å². The number of methoxy groups -OCH3 is 1. The molecule has 110 valence electrons. The van der Waals surface area contributed by atoms with Crippen LogP contribution in [0.2, 0.25) is 0 Å². The Morgan fingerprint density at radius 3 is 2.65 bits per heavy atom. The number of hydrogen-bond acceptors (Lipinski definition) is 2. The van der Waals surface area contributed by atoms with Crippen molar-refractivity contribution in [1.82, 2.24) is 0 Å². The minimum Gasteiger partial charge on any atom is -0.504 e. The Labute approximate surface area is 122 Å². The molecule has 2 aliphatic carbocycles. The van der Waals surface area contributed by atoms with Gasteiger partial charge in [0, 0.05) is 5.56 Å². The van der Waals surface area contributed by atoms with Crippen molar-refractivity contribution < 1.29 is 9.84 Å². The topological polar surface area (TPSA) is 29.5 Å². The summed E-state index contributed by atoms with van der Waals surface area (Å²) in [5.41, 5.74) is 3.10. The molecule has 0 spiro atoms. The van der Waals surface area contributed by atoms with Gasteiger partial charge in [-0.2, -0.15) is 0 Å². The summed E-state index contributed by atoms with van der Waals surface area (Å²) in [7, 11) is 1.62. The lowest BCUT2D eigenvalue weighted by Gasteiger charge is -2.54. The van der Waals surface area contributed by atoms with Crippen LogP contribution in [-0.4, -0.2) is 12.2 Å². The molecular formula is C18H26O2. The molecule has 2 atom stereocenters. The van der Waals surface area contributed by atoms with Crippen molar-refractivity contribution in [3.63, 3.8) is 0 Å². The molecule has 0 amide bonds. The molecule has 0 aliphatic heterocycles. The predicted octanol–water partition coefficient (Wildman–Crippen LogP) is 4.43. The predicted molar refractivity (Wildman–Crippen MR) is 81.5 cm³/mol. The van der Waals surface area contributed by atoms with Gasteiger partial charge < -0.3 is 9.84 Å². The van der Waals surface area contributed by atoms with Gasteiger partial charge in [-0.25, -0.2) is 0 Å². The van der Waals surface area contributed by atoms with Gasteiger partial charge in [0.25, 0.3) is 0 Å². The molecule has 1 fully saturated rings. The number of aromatic hydroxyl groups is 1. The first kappa shape index (κ1) is 13.8. The summed E-state index contributed by atoms with van der Waals surface area (Å²) in [6.07, 6.45) is 6.00. The monoisotopic (exact) mass is 274 g/mol. The van der Waals surface area contributed by atoms with Crippen LogP contribution in [0, 0.1) is 11.3 Å². The molecule has 2 heteroatoms. The maximum absolute atomic E-state index is 10.4. The third-order valence-corrected chi connectivity index (χ3v) is 5.99. The summed E-state index contributed by atoms with van der Waals surface area (Å²) in [4.78, 5) is 0. The normalized spacial score (nSPS) is 31.3. The fourth-order valence-electron chi connectivity index (χ4n) is 5.01. The van der Waals surface area contributed by atoms with Crippen molar-refractivity contribution in [3.8, 4) is 11.5 Å². The van der Waals surface area contributed by atoms with E-state index in [0.717, 1.165) is 12.0 Å². The molecule has 0 aromatic heterocycles. The zero-order chi connectivity index (χ0) is 14.5. The van der Waals surface area contributed by atoms with Crippen LogP contribution < -0.4 is 4.74 Å². The summed E-state index contributed by atoms with van der Waals surface area (Å²) in [6.45, 7) is 7.25. The lowest BCUT2D eigenvalue weighted by molar-refractivity contribution is 0.0401. The first-order chi connectivity index (χ1) is 9.40. The molecule has 0 bridgehead atoms. The average molecular weight is 274 g/mol. The third kappa shape index (κ3) is 1.77. The Kier molecular flexibility index (Phi) is 3.04. The number of phenolic OH excluding ortho intramolecular Hbond substituents is 1. The van der Waals surface area contributed by atoms with Gasteiger partial charge in [-0.15, -0.1) is 0 Å². The lowest BCUT2D eigenvalue weighted by atomic mass is 9.50. The van der Waals surface area contributed by atoms with Crippen molar-refractivity contribution in [2.45, 2.75) is 58.3 Å². The third-order valence-electron chi connectivity index (χ3n) is 5.99. The minimum atomic E-state index is 0.207. The summed E-state index contributed by atoms with van der Waals surface area (Å²) in [5.74, 6) is 1.69. The van der Waals surface area contributed by atoms with Crippen molar-refractivity contribution in [2.75, 3.05) is 7.11 Å². The summed E-state index contributed by atoms with van der Waals surface area (Å²) in [6, 6.07) is 4.13. The molecule has 0 radical (unpaired) electrons. The highest BCUT2D eigenvalue weighted by molar-refractivity contribution is 5.53. The van der Waals surface area contributed by atoms with E-state index in [9.17, 15) is 5.11 Å². The van der Waals surface area contributed by atoms with Gasteiger partial charge in [0.05, 0.1) is 7.11 Å². The van der Waals surface area contributed by atoms with Gasteiger partial charge in [0.2, 0.25) is 0 Å². The molecule has 0 unspecified atom stereocenters. The Morgan fingerprint density at radius 2 is 1.95 bits per heavy atom. The molecule has 20 heavy (non-hydrogen) atoms. The van der Waals surface area contributed by atoms with E-state index in [1.807, 2.05) is 6.07 Å². The average Bonchev–Trinajstić information content (AvgIpc) is 2.38. The maximum Gasteiger partial charge on any atom is 0.161 e. The molecule has 1 saturated carbocycles. The molecule has 1 aromatic rings. The van der Waals surface area contributed by atoms with Gasteiger partial charge >= 0.3 is 0 Å². The molecule has 1 N–H and O–H groups in total. The lowest BCUT2D eigenvalue weighted by Crippen LogP contribution is -2.47. The first-order valence-electron chi connectivity index (χ1n) is 7.79. The van der Waals surface area contributed by atoms with Crippen molar-refractivity contribution in [2.24, 2.45) is 11.3 Å². The zero-order valence-corrected chi connectivity index (χ0v) is 13.1. The molecular weight excluding hydrogens is 248 g/mol. The zero-order valence-electron chi connectivity index (χ0n) is 13.1. The van der Waals surface area contributed by atoms with Crippen LogP contribution in [0.25, 0.3) is 0 Å². The second kappa shape index (κ2) is 4.41. The van der Waals surface area contributed by atoms with E-state index >= 15 is 0 Å². The van der Waals surface area contributed by atoms with E-state index in [-0.39, 0.29) is 5.41 Å². The van der Waals surface area contributed by atoms with Gasteiger partial charge in [-0.1, -0.05) is 33.3 Å². The highest BCUT2D eigenvalue weighted by Crippen LogP contribution is 2.58. The Morgan fingerprint density at radius 1 is 1.20 bits per heavy atom. The number of rotatable bonds is 1. The number of ether oxygens (including phenoxy) is 1. The van der Waals surface area contributed by atoms with Crippen molar-refractivity contribution in [3.05, 3.63) is 23.3 Å². The van der Waals surface area contributed by atoms with E-state index in [2.05, 4.69) is 26.8 Å². The smallest absolute Gasteiger partial charge is 0.161 e. The standard InChI is InChI=1S/C18H26O2/c1-17(2)10-5-11-18(3)13-7-8-14(20-4)16(19)12(13)6-9-15(17)18/h7-8,15,19H,5-6,9-11H2,1-4H3/t15-,18+/m0/s1. The van der Waals surface area contributed by atoms with E-state index < -0.39 is 0 Å². The first-order valence-corrected chi connectivity index (χ1v) is 7.79. The van der Waals surface area contributed by atoms with E-state index in [1.165, 1.54) is 31.2 Å². The van der Waals surface area contributed by atoms with E-state index in [1.54, 1.807) is 7.11 Å². The maximum atomic E-state index is 10.4. The fraction of sp³-hybridized carbons (Fsp3) is 0.667. The van der Waals surface area contributed by atoms with Gasteiger partial charge in [0.15, 0.2) is 11.5 Å². The summed E-state index contributed by atoms with van der Waals surface area (Å²) >= 11 is 0. The van der Waals surface area contributed by atoms with Crippen molar-refractivity contribution in [1.29, 1.82) is 0 Å². The fourth-order valence-corrected chi connectivity index (χ4v) is 5.01. The summed E-state index contributed by atoms with van der Waals surface area (Å²) in [5, 5.41) is 10.4. The number of hydrogen-bond donors (Lipinski definition) is 1. The quantitative estimate of drug-likeness (QED) is 0.821. The second-order valence-electron chi connectivity index (χ2n) is 7.49. The molecule has 0 saturated heterocycles. The van der Waals surface area contributed by atoms with Crippen LogP contribution in [0.4, 0.5) is 0 Å². The minimum absolute atomic E-state index is 0.207. The van der Waals surface area contributed by atoms with Crippen LogP contribution >= 0.6 is 0 Å². The molecule has 0 heterocycles. The SMILES string of the molecule is COc1ccc2c(c1O)CC[C@H]1C(C)(C)CCC[C@]21C. The number of phenols is 1. The Balaban J connectivity index is 2.13. The number of fused-ring (bicyclic) bond motifs is 3. The highest BCUT2D eigenvalue weighted by atomic mass is 16.5. The number of benzene rings is 1. The van der Waals surface area contributed by atoms with Crippen LogP contribution in [0.3, 0.4) is 0 Å². The van der Waals surface area contributed by atoms with E-state index in [4.69, 9.17) is 4.74 Å². The second-order valence-corrected chi connectivity index (χ2v) is 7.49. The molecule has 1 aromatic carbocycles. The Bertz CT molecular complexity index is 532. The van der Waals surface area contributed by atoms with Crippen molar-refractivity contribution >= 4 is 0 Å². The van der Waals surface area contributed by atoms with Crippen LogP contribution in [0.1, 0.15) is 57.6 Å². The molecule has 3 rings (SSSR count).